The highest BCUT2D eigenvalue weighted by Gasteiger charge is 2.07. The summed E-state index contributed by atoms with van der Waals surface area (Å²) in [5, 5.41) is 1.00. The lowest BCUT2D eigenvalue weighted by molar-refractivity contribution is -0.112. The maximum Gasteiger partial charge on any atom is 0.249 e. The molecule has 2 aromatic rings. The third-order valence-electron chi connectivity index (χ3n) is 2.46. The number of rotatable bonds is 2. The van der Waals surface area contributed by atoms with E-state index in [-0.39, 0.29) is 0 Å². The summed E-state index contributed by atoms with van der Waals surface area (Å²) in [6.45, 7) is 1.79. The van der Waals surface area contributed by atoms with Crippen LogP contribution in [0.15, 0.2) is 42.6 Å². The predicted octanol–water partition coefficient (Wildman–Crippen LogP) is 2.12. The Morgan fingerprint density at radius 1 is 1.38 bits per heavy atom. The Hall–Kier alpha value is -2.16. The first-order valence-corrected chi connectivity index (χ1v) is 5.03. The van der Waals surface area contributed by atoms with Crippen molar-refractivity contribution >= 4 is 22.4 Å². The Labute approximate surface area is 93.6 Å². The molecule has 1 amide bonds. The Kier molecular flexibility index (Phi) is 2.68. The minimum Gasteiger partial charge on any atom is -0.366 e. The number of primary amides is 1. The van der Waals surface area contributed by atoms with E-state index in [1.807, 2.05) is 30.3 Å². The highest BCUT2D eigenvalue weighted by Crippen LogP contribution is 2.18. The lowest BCUT2D eigenvalue weighted by Gasteiger charge is -2.04. The largest absolute Gasteiger partial charge is 0.366 e. The van der Waals surface area contributed by atoms with Crippen LogP contribution in [-0.2, 0) is 4.79 Å². The molecule has 0 aliphatic heterocycles. The highest BCUT2D eigenvalue weighted by molar-refractivity contribution is 6.18. The number of carbonyl (C=O) groups is 1. The van der Waals surface area contributed by atoms with E-state index in [9.17, 15) is 4.79 Å². The summed E-state index contributed by atoms with van der Waals surface area (Å²) in [6.07, 6.45) is 3.37. The van der Waals surface area contributed by atoms with Gasteiger partial charge in [0.15, 0.2) is 0 Å². The fourth-order valence-corrected chi connectivity index (χ4v) is 1.67. The number of hydrogen-bond donors (Lipinski definition) is 1. The van der Waals surface area contributed by atoms with Gasteiger partial charge in [0.05, 0.1) is 5.52 Å². The van der Waals surface area contributed by atoms with Gasteiger partial charge in [0.25, 0.3) is 0 Å². The summed E-state index contributed by atoms with van der Waals surface area (Å²) >= 11 is 0. The number of nitrogens with two attached hydrogens (primary N) is 1. The molecule has 1 aromatic carbocycles. The molecule has 1 heterocycles. The number of pyridine rings is 1. The van der Waals surface area contributed by atoms with E-state index in [4.69, 9.17) is 5.73 Å². The van der Waals surface area contributed by atoms with Crippen LogP contribution in [0.25, 0.3) is 16.5 Å². The minimum atomic E-state index is -0.431. The van der Waals surface area contributed by atoms with Crippen molar-refractivity contribution in [2.45, 2.75) is 6.92 Å². The molecule has 0 aliphatic carbocycles. The molecule has 2 rings (SSSR count). The van der Waals surface area contributed by atoms with Crippen LogP contribution in [0.4, 0.5) is 0 Å². The van der Waals surface area contributed by atoms with E-state index in [0.29, 0.717) is 5.57 Å². The summed E-state index contributed by atoms with van der Waals surface area (Å²) < 4.78 is 0. The Balaban J connectivity index is 2.59. The second kappa shape index (κ2) is 4.14. The monoisotopic (exact) mass is 212 g/mol. The standard InChI is InChI=1S/C13H12N2O/c1-2-11(13(14)16)10-7-9-5-3-4-6-12(9)15-8-10/h2-8H,1H3,(H2,14,16)/b11-2+. The van der Waals surface area contributed by atoms with Gasteiger partial charge in [0, 0.05) is 22.7 Å². The molecule has 3 nitrogen and oxygen atoms in total. The van der Waals surface area contributed by atoms with Gasteiger partial charge in [0.2, 0.25) is 5.91 Å². The molecule has 0 fully saturated rings. The Bertz CT molecular complexity index is 573. The van der Waals surface area contributed by atoms with E-state index in [2.05, 4.69) is 4.98 Å². The number of para-hydroxylation sites is 1. The maximum atomic E-state index is 11.2. The molecule has 0 aliphatic rings. The first kappa shape index (κ1) is 10.4. The van der Waals surface area contributed by atoms with Gasteiger partial charge in [-0.1, -0.05) is 24.3 Å². The molecule has 0 atom stereocenters. The van der Waals surface area contributed by atoms with E-state index in [0.717, 1.165) is 16.5 Å². The van der Waals surface area contributed by atoms with Gasteiger partial charge in [-0.2, -0.15) is 0 Å². The van der Waals surface area contributed by atoms with Crippen LogP contribution in [-0.4, -0.2) is 10.9 Å². The zero-order valence-corrected chi connectivity index (χ0v) is 8.97. The van der Waals surface area contributed by atoms with Gasteiger partial charge < -0.3 is 5.73 Å². The summed E-state index contributed by atoms with van der Waals surface area (Å²) in [5.74, 6) is -0.431. The number of hydrogen-bond acceptors (Lipinski definition) is 2. The fraction of sp³-hybridized carbons (Fsp3) is 0.0769. The van der Waals surface area contributed by atoms with Gasteiger partial charge >= 0.3 is 0 Å². The van der Waals surface area contributed by atoms with Gasteiger partial charge in [-0.25, -0.2) is 0 Å². The van der Waals surface area contributed by atoms with E-state index in [1.165, 1.54) is 0 Å². The van der Waals surface area contributed by atoms with Gasteiger partial charge in [0.1, 0.15) is 0 Å². The van der Waals surface area contributed by atoms with Gasteiger partial charge in [-0.15, -0.1) is 0 Å². The molecule has 0 saturated heterocycles. The number of allylic oxidation sites excluding steroid dienone is 1. The molecule has 80 valence electrons. The first-order valence-electron chi connectivity index (χ1n) is 5.03. The maximum absolute atomic E-state index is 11.2. The molecule has 2 N–H and O–H groups in total. The first-order chi connectivity index (χ1) is 7.72. The normalized spacial score (nSPS) is 11.7. The lowest BCUT2D eigenvalue weighted by Crippen LogP contribution is -2.12. The summed E-state index contributed by atoms with van der Waals surface area (Å²) in [5.41, 5.74) is 7.45. The van der Waals surface area contributed by atoms with Gasteiger partial charge in [-0.05, 0) is 19.1 Å². The smallest absolute Gasteiger partial charge is 0.249 e. The van der Waals surface area contributed by atoms with Crippen LogP contribution in [0.5, 0.6) is 0 Å². The van der Waals surface area contributed by atoms with Crippen molar-refractivity contribution in [1.82, 2.24) is 4.98 Å². The third kappa shape index (κ3) is 1.80. The molecule has 3 heteroatoms. The molecule has 0 saturated carbocycles. The van der Waals surface area contributed by atoms with E-state index < -0.39 is 5.91 Å². The van der Waals surface area contributed by atoms with E-state index >= 15 is 0 Å². The number of nitrogens with zero attached hydrogens (tertiary/aromatic N) is 1. The number of carbonyl (C=O) groups excluding carboxylic acids is 1. The molecular weight excluding hydrogens is 200 g/mol. The number of benzene rings is 1. The van der Waals surface area contributed by atoms with Crippen molar-refractivity contribution in [1.29, 1.82) is 0 Å². The van der Waals surface area contributed by atoms with Crippen molar-refractivity contribution in [2.75, 3.05) is 0 Å². The molecule has 0 bridgehead atoms. The van der Waals surface area contributed by atoms with Crippen molar-refractivity contribution in [2.24, 2.45) is 5.73 Å². The summed E-state index contributed by atoms with van der Waals surface area (Å²) in [7, 11) is 0. The van der Waals surface area contributed by atoms with Crippen molar-refractivity contribution in [3.63, 3.8) is 0 Å². The quantitative estimate of drug-likeness (QED) is 0.775. The second-order valence-electron chi connectivity index (χ2n) is 3.48. The molecule has 0 radical (unpaired) electrons. The topological polar surface area (TPSA) is 56.0 Å². The second-order valence-corrected chi connectivity index (χ2v) is 3.48. The fourth-order valence-electron chi connectivity index (χ4n) is 1.67. The minimum absolute atomic E-state index is 0.431. The lowest BCUT2D eigenvalue weighted by atomic mass is 10.1. The summed E-state index contributed by atoms with van der Waals surface area (Å²) in [6, 6.07) is 9.67. The molecule has 0 spiro atoms. The van der Waals surface area contributed by atoms with Crippen LogP contribution in [0.2, 0.25) is 0 Å². The van der Waals surface area contributed by atoms with Crippen molar-refractivity contribution in [3.8, 4) is 0 Å². The van der Waals surface area contributed by atoms with Crippen LogP contribution >= 0.6 is 0 Å². The van der Waals surface area contributed by atoms with E-state index in [1.54, 1.807) is 19.2 Å². The number of amides is 1. The SMILES string of the molecule is C/C=C(/C(N)=O)c1cnc2ccccc2c1. The van der Waals surface area contributed by atoms with Gasteiger partial charge in [-0.3, -0.25) is 9.78 Å². The molecule has 0 unspecified atom stereocenters. The Morgan fingerprint density at radius 2 is 2.12 bits per heavy atom. The number of aromatic nitrogens is 1. The van der Waals surface area contributed by atoms with Crippen LogP contribution in [0.3, 0.4) is 0 Å². The highest BCUT2D eigenvalue weighted by atomic mass is 16.1. The van der Waals surface area contributed by atoms with Crippen LogP contribution in [0.1, 0.15) is 12.5 Å². The van der Waals surface area contributed by atoms with Crippen LogP contribution in [0, 0.1) is 0 Å². The summed E-state index contributed by atoms with van der Waals surface area (Å²) in [4.78, 5) is 15.5. The third-order valence-corrected chi connectivity index (χ3v) is 2.46. The molecule has 1 aromatic heterocycles. The molecule has 16 heavy (non-hydrogen) atoms. The predicted molar refractivity (Wildman–Crippen MR) is 64.6 cm³/mol. The van der Waals surface area contributed by atoms with Crippen molar-refractivity contribution < 1.29 is 4.79 Å². The average Bonchev–Trinajstić information content (AvgIpc) is 2.29. The zero-order chi connectivity index (χ0) is 11.5. The van der Waals surface area contributed by atoms with Crippen molar-refractivity contribution in [3.05, 3.63) is 48.2 Å². The zero-order valence-electron chi connectivity index (χ0n) is 8.97. The Morgan fingerprint density at radius 3 is 2.81 bits per heavy atom. The van der Waals surface area contributed by atoms with Crippen LogP contribution < -0.4 is 5.73 Å². The number of fused-ring (bicyclic) bond motifs is 1. The molecular formula is C13H12N2O. The average molecular weight is 212 g/mol.